The van der Waals surface area contributed by atoms with E-state index in [9.17, 15) is 0 Å². The lowest BCUT2D eigenvalue weighted by Gasteiger charge is -2.36. The molecule has 178 valence electrons. The molecule has 2 aliphatic heterocycles. The lowest BCUT2D eigenvalue weighted by atomic mass is 10.0. The minimum absolute atomic E-state index is 0.306. The fourth-order valence-corrected chi connectivity index (χ4v) is 4.88. The van der Waals surface area contributed by atoms with Crippen molar-refractivity contribution in [2.75, 3.05) is 53.0 Å². The highest BCUT2D eigenvalue weighted by atomic mass is 16.5. The first kappa shape index (κ1) is 23.7. The van der Waals surface area contributed by atoms with Crippen LogP contribution in [0, 0.1) is 6.92 Å². The summed E-state index contributed by atoms with van der Waals surface area (Å²) in [5, 5.41) is 7.31. The summed E-state index contributed by atoms with van der Waals surface area (Å²) in [6.45, 7) is 9.80. The topological polar surface area (TPSA) is 52.1 Å². The van der Waals surface area contributed by atoms with Gasteiger partial charge in [-0.25, -0.2) is 0 Å². The number of nitrogens with one attached hydrogen (secondary N) is 2. The number of hydrogen-bond acceptors (Lipinski definition) is 4. The first-order valence-corrected chi connectivity index (χ1v) is 12.3. The van der Waals surface area contributed by atoms with Gasteiger partial charge in [-0.15, -0.1) is 0 Å². The molecule has 0 aliphatic carbocycles. The monoisotopic (exact) mass is 449 g/mol. The Hall–Kier alpha value is -2.41. The number of likely N-dealkylation sites (tertiary alicyclic amines) is 1. The molecule has 1 atom stereocenters. The zero-order chi connectivity index (χ0) is 22.9. The molecular weight excluding hydrogens is 410 g/mol. The van der Waals surface area contributed by atoms with Crippen molar-refractivity contribution in [1.82, 2.24) is 20.4 Å². The van der Waals surface area contributed by atoms with E-state index in [1.54, 1.807) is 0 Å². The molecule has 0 amide bonds. The number of hydrogen-bond donors (Lipinski definition) is 2. The molecule has 0 spiro atoms. The third-order valence-electron chi connectivity index (χ3n) is 6.78. The van der Waals surface area contributed by atoms with E-state index in [0.29, 0.717) is 12.1 Å². The maximum absolute atomic E-state index is 5.60. The summed E-state index contributed by atoms with van der Waals surface area (Å²) in [6, 6.07) is 20.4. The van der Waals surface area contributed by atoms with E-state index in [0.717, 1.165) is 71.3 Å². The summed E-state index contributed by atoms with van der Waals surface area (Å²) < 4.78 is 5.60. The van der Waals surface area contributed by atoms with Crippen molar-refractivity contribution < 1.29 is 4.74 Å². The van der Waals surface area contributed by atoms with Gasteiger partial charge in [0, 0.05) is 52.4 Å². The van der Waals surface area contributed by atoms with Crippen molar-refractivity contribution in [3.63, 3.8) is 0 Å². The molecule has 2 fully saturated rings. The molecule has 2 saturated heterocycles. The van der Waals surface area contributed by atoms with Gasteiger partial charge in [0.25, 0.3) is 0 Å². The van der Waals surface area contributed by atoms with Crippen LogP contribution in [0.5, 0.6) is 0 Å². The Labute approximate surface area is 199 Å². The molecular formula is C27H39N5O. The fourth-order valence-electron chi connectivity index (χ4n) is 4.88. The molecule has 0 radical (unpaired) electrons. The number of ether oxygens (including phenoxy) is 1. The number of nitrogens with zero attached hydrogens (tertiary/aromatic N) is 3. The van der Waals surface area contributed by atoms with Gasteiger partial charge in [-0.2, -0.15) is 0 Å². The number of rotatable bonds is 7. The first-order chi connectivity index (χ1) is 16.2. The van der Waals surface area contributed by atoms with Gasteiger partial charge in [0.15, 0.2) is 5.96 Å². The Kier molecular flexibility index (Phi) is 8.75. The van der Waals surface area contributed by atoms with E-state index in [2.05, 4.69) is 86.9 Å². The zero-order valence-electron chi connectivity index (χ0n) is 20.2. The zero-order valence-corrected chi connectivity index (χ0v) is 20.2. The van der Waals surface area contributed by atoms with E-state index in [1.807, 2.05) is 7.05 Å². The Balaban J connectivity index is 1.29. The SMILES string of the molecule is CN=C(NCC(c1cccc(C)c1)N1CCOCC1)NC1CCN(Cc2ccccc2)CC1. The van der Waals surface area contributed by atoms with Crippen LogP contribution in [0.3, 0.4) is 0 Å². The molecule has 4 rings (SSSR count). The van der Waals surface area contributed by atoms with Crippen LogP contribution in [0.2, 0.25) is 0 Å². The van der Waals surface area contributed by atoms with Gasteiger partial charge >= 0.3 is 0 Å². The second-order valence-corrected chi connectivity index (χ2v) is 9.21. The van der Waals surface area contributed by atoms with Gasteiger partial charge in [-0.05, 0) is 30.9 Å². The van der Waals surface area contributed by atoms with Gasteiger partial charge < -0.3 is 15.4 Å². The highest BCUT2D eigenvalue weighted by molar-refractivity contribution is 5.80. The van der Waals surface area contributed by atoms with E-state index in [1.165, 1.54) is 16.7 Å². The molecule has 6 nitrogen and oxygen atoms in total. The summed E-state index contributed by atoms with van der Waals surface area (Å²) in [6.07, 6.45) is 2.27. The summed E-state index contributed by atoms with van der Waals surface area (Å²) in [7, 11) is 1.87. The van der Waals surface area contributed by atoms with Gasteiger partial charge in [0.05, 0.1) is 19.3 Å². The maximum atomic E-state index is 5.60. The maximum Gasteiger partial charge on any atom is 0.191 e. The van der Waals surface area contributed by atoms with Gasteiger partial charge in [0.1, 0.15) is 0 Å². The molecule has 2 heterocycles. The third kappa shape index (κ3) is 7.03. The molecule has 33 heavy (non-hydrogen) atoms. The number of benzene rings is 2. The Bertz CT molecular complexity index is 873. The molecule has 6 heteroatoms. The normalized spacial score (nSPS) is 19.9. The standard InChI is InChI=1S/C27H39N5O/c1-22-7-6-10-24(19-22)26(32-15-17-33-18-16-32)20-29-27(28-2)30-25-11-13-31(14-12-25)21-23-8-4-3-5-9-23/h3-10,19,25-26H,11-18,20-21H2,1-2H3,(H2,28,29,30). The number of morpholine rings is 1. The Morgan fingerprint density at radius 1 is 1.03 bits per heavy atom. The van der Waals surface area contributed by atoms with Gasteiger partial charge in [-0.1, -0.05) is 60.2 Å². The molecule has 2 N–H and O–H groups in total. The van der Waals surface area contributed by atoms with Crippen LogP contribution in [0.4, 0.5) is 0 Å². The van der Waals surface area contributed by atoms with Crippen LogP contribution < -0.4 is 10.6 Å². The molecule has 2 aromatic carbocycles. The van der Waals surface area contributed by atoms with Gasteiger partial charge in [-0.3, -0.25) is 14.8 Å². The average Bonchev–Trinajstić information content (AvgIpc) is 2.86. The number of aryl methyl sites for hydroxylation is 1. The largest absolute Gasteiger partial charge is 0.379 e. The Morgan fingerprint density at radius 2 is 1.79 bits per heavy atom. The van der Waals surface area contributed by atoms with Crippen molar-refractivity contribution in [2.45, 2.75) is 38.4 Å². The van der Waals surface area contributed by atoms with Crippen molar-refractivity contribution in [3.8, 4) is 0 Å². The van der Waals surface area contributed by atoms with Crippen molar-refractivity contribution >= 4 is 5.96 Å². The molecule has 2 aromatic rings. The summed E-state index contributed by atoms with van der Waals surface area (Å²) in [4.78, 5) is 9.61. The predicted molar refractivity (Wildman–Crippen MR) is 136 cm³/mol. The average molecular weight is 450 g/mol. The smallest absolute Gasteiger partial charge is 0.191 e. The van der Waals surface area contributed by atoms with E-state index < -0.39 is 0 Å². The van der Waals surface area contributed by atoms with Crippen LogP contribution >= 0.6 is 0 Å². The molecule has 0 saturated carbocycles. The van der Waals surface area contributed by atoms with Crippen LogP contribution in [0.15, 0.2) is 59.6 Å². The van der Waals surface area contributed by atoms with Crippen molar-refractivity contribution in [3.05, 3.63) is 71.3 Å². The van der Waals surface area contributed by atoms with Crippen LogP contribution in [0.25, 0.3) is 0 Å². The lowest BCUT2D eigenvalue weighted by Crippen LogP contribution is -2.50. The molecule has 0 bridgehead atoms. The first-order valence-electron chi connectivity index (χ1n) is 12.3. The quantitative estimate of drug-likeness (QED) is 0.502. The number of piperidine rings is 1. The predicted octanol–water partition coefficient (Wildman–Crippen LogP) is 3.20. The summed E-state index contributed by atoms with van der Waals surface area (Å²) in [5.41, 5.74) is 4.05. The van der Waals surface area contributed by atoms with Crippen molar-refractivity contribution in [1.29, 1.82) is 0 Å². The molecule has 1 unspecified atom stereocenters. The van der Waals surface area contributed by atoms with E-state index in [-0.39, 0.29) is 0 Å². The summed E-state index contributed by atoms with van der Waals surface area (Å²) >= 11 is 0. The lowest BCUT2D eigenvalue weighted by molar-refractivity contribution is 0.0169. The van der Waals surface area contributed by atoms with Crippen LogP contribution in [-0.2, 0) is 11.3 Å². The van der Waals surface area contributed by atoms with Crippen LogP contribution in [-0.4, -0.2) is 74.8 Å². The van der Waals surface area contributed by atoms with E-state index >= 15 is 0 Å². The molecule has 2 aliphatic rings. The minimum Gasteiger partial charge on any atom is -0.379 e. The Morgan fingerprint density at radius 3 is 2.48 bits per heavy atom. The molecule has 0 aromatic heterocycles. The number of aliphatic imine (C=N–C) groups is 1. The highest BCUT2D eigenvalue weighted by Gasteiger charge is 2.24. The van der Waals surface area contributed by atoms with Crippen LogP contribution in [0.1, 0.15) is 35.6 Å². The second-order valence-electron chi connectivity index (χ2n) is 9.21. The van der Waals surface area contributed by atoms with Crippen molar-refractivity contribution in [2.24, 2.45) is 4.99 Å². The van der Waals surface area contributed by atoms with E-state index in [4.69, 9.17) is 4.74 Å². The number of guanidine groups is 1. The highest BCUT2D eigenvalue weighted by Crippen LogP contribution is 2.22. The van der Waals surface area contributed by atoms with Gasteiger partial charge in [0.2, 0.25) is 0 Å². The third-order valence-corrected chi connectivity index (χ3v) is 6.78. The second kappa shape index (κ2) is 12.2. The fraction of sp³-hybridized carbons (Fsp3) is 0.519. The minimum atomic E-state index is 0.306. The summed E-state index contributed by atoms with van der Waals surface area (Å²) in [5.74, 6) is 0.905.